The van der Waals surface area contributed by atoms with Gasteiger partial charge in [-0.15, -0.1) is 0 Å². The van der Waals surface area contributed by atoms with E-state index >= 15 is 0 Å². The molecule has 1 aromatic heterocycles. The molecular weight excluding hydrogens is 419 g/mol. The summed E-state index contributed by atoms with van der Waals surface area (Å²) in [4.78, 5) is 4.51. The molecule has 0 bridgehead atoms. The molecule has 100 valence electrons. The number of methoxy groups -OCH3 is 1. The summed E-state index contributed by atoms with van der Waals surface area (Å²) < 4.78 is 7.35. The van der Waals surface area contributed by atoms with E-state index in [0.29, 0.717) is 0 Å². The highest BCUT2D eigenvalue weighted by atomic mass is 127. The van der Waals surface area contributed by atoms with Gasteiger partial charge in [-0.3, -0.25) is 0 Å². The fourth-order valence-corrected chi connectivity index (χ4v) is 2.42. The van der Waals surface area contributed by atoms with Crippen LogP contribution in [0.1, 0.15) is 11.3 Å². The first-order chi connectivity index (χ1) is 9.10. The van der Waals surface area contributed by atoms with Crippen molar-refractivity contribution in [3.8, 4) is 5.75 Å². The van der Waals surface area contributed by atoms with Crippen molar-refractivity contribution in [1.82, 2.24) is 4.98 Å². The van der Waals surface area contributed by atoms with Gasteiger partial charge in [0.2, 0.25) is 0 Å². The molecule has 0 unspecified atom stereocenters. The first-order valence-corrected chi connectivity index (χ1v) is 7.67. The van der Waals surface area contributed by atoms with Crippen LogP contribution in [0.4, 0.5) is 5.82 Å². The maximum atomic E-state index is 5.14. The number of hydrogen-bond acceptors (Lipinski definition) is 3. The zero-order valence-electron chi connectivity index (χ0n) is 10.7. The number of ether oxygens (including phenoxy) is 1. The quantitative estimate of drug-likeness (QED) is 0.728. The van der Waals surface area contributed by atoms with Crippen molar-refractivity contribution in [3.05, 3.63) is 49.6 Å². The minimum absolute atomic E-state index is 0.740. The summed E-state index contributed by atoms with van der Waals surface area (Å²) in [6, 6.07) is 10.00. The topological polar surface area (TPSA) is 34.1 Å². The standard InChI is InChI=1S/C14H14BrIN2O/c1-9-14(16)12(15)7-13(18-9)17-8-10-3-5-11(19-2)6-4-10/h3-7H,8H2,1-2H3,(H,17,18). The number of pyridine rings is 1. The molecule has 5 heteroatoms. The lowest BCUT2D eigenvalue weighted by atomic mass is 10.2. The van der Waals surface area contributed by atoms with E-state index in [1.807, 2.05) is 37.3 Å². The molecule has 0 aliphatic heterocycles. The normalized spacial score (nSPS) is 10.3. The molecule has 0 amide bonds. The van der Waals surface area contributed by atoms with Crippen molar-refractivity contribution >= 4 is 44.3 Å². The van der Waals surface area contributed by atoms with Crippen LogP contribution in [0.25, 0.3) is 0 Å². The summed E-state index contributed by atoms with van der Waals surface area (Å²) in [6.07, 6.45) is 0. The molecule has 2 aromatic rings. The average Bonchev–Trinajstić information content (AvgIpc) is 2.43. The SMILES string of the molecule is COc1ccc(CNc2cc(Br)c(I)c(C)n2)cc1. The van der Waals surface area contributed by atoms with E-state index in [0.717, 1.165) is 31.8 Å². The van der Waals surface area contributed by atoms with Gasteiger partial charge in [0, 0.05) is 14.6 Å². The van der Waals surface area contributed by atoms with Crippen LogP contribution in [0.15, 0.2) is 34.8 Å². The number of anilines is 1. The summed E-state index contributed by atoms with van der Waals surface area (Å²) in [5.74, 6) is 1.75. The monoisotopic (exact) mass is 432 g/mol. The summed E-state index contributed by atoms with van der Waals surface area (Å²) in [6.45, 7) is 2.74. The van der Waals surface area contributed by atoms with Gasteiger partial charge < -0.3 is 10.1 Å². The highest BCUT2D eigenvalue weighted by Gasteiger charge is 2.04. The lowest BCUT2D eigenvalue weighted by Crippen LogP contribution is -2.03. The van der Waals surface area contributed by atoms with Gasteiger partial charge in [0.05, 0.1) is 12.8 Å². The Bertz CT molecular complexity index is 549. The van der Waals surface area contributed by atoms with Crippen LogP contribution in [0.2, 0.25) is 0 Å². The maximum Gasteiger partial charge on any atom is 0.127 e. The minimum atomic E-state index is 0.740. The number of nitrogens with zero attached hydrogens (tertiary/aromatic N) is 1. The lowest BCUT2D eigenvalue weighted by molar-refractivity contribution is 0.414. The van der Waals surface area contributed by atoms with Crippen LogP contribution in [0.3, 0.4) is 0 Å². The smallest absolute Gasteiger partial charge is 0.127 e. The Labute approximate surface area is 135 Å². The first-order valence-electron chi connectivity index (χ1n) is 5.79. The second-order valence-corrected chi connectivity index (χ2v) is 6.02. The molecule has 0 saturated heterocycles. The van der Waals surface area contributed by atoms with Crippen LogP contribution in [-0.4, -0.2) is 12.1 Å². The summed E-state index contributed by atoms with van der Waals surface area (Å²) >= 11 is 5.82. The van der Waals surface area contributed by atoms with Crippen LogP contribution in [0, 0.1) is 10.5 Å². The molecule has 0 atom stereocenters. The predicted octanol–water partition coefficient (Wildman–Crippen LogP) is 4.38. The molecule has 19 heavy (non-hydrogen) atoms. The van der Waals surface area contributed by atoms with Gasteiger partial charge in [-0.25, -0.2) is 4.98 Å². The van der Waals surface area contributed by atoms with E-state index in [-0.39, 0.29) is 0 Å². The van der Waals surface area contributed by atoms with Crippen molar-refractivity contribution < 1.29 is 4.74 Å². The van der Waals surface area contributed by atoms with Crippen LogP contribution < -0.4 is 10.1 Å². The molecule has 1 N–H and O–H groups in total. The molecule has 2 rings (SSSR count). The van der Waals surface area contributed by atoms with E-state index in [9.17, 15) is 0 Å². The molecule has 0 saturated carbocycles. The van der Waals surface area contributed by atoms with E-state index in [1.54, 1.807) is 7.11 Å². The van der Waals surface area contributed by atoms with Crippen molar-refractivity contribution in [2.24, 2.45) is 0 Å². The van der Waals surface area contributed by atoms with Gasteiger partial charge in [0.1, 0.15) is 11.6 Å². The van der Waals surface area contributed by atoms with Gasteiger partial charge in [-0.1, -0.05) is 12.1 Å². The zero-order chi connectivity index (χ0) is 13.8. The van der Waals surface area contributed by atoms with Crippen molar-refractivity contribution in [2.45, 2.75) is 13.5 Å². The fraction of sp³-hybridized carbons (Fsp3) is 0.214. The van der Waals surface area contributed by atoms with Crippen molar-refractivity contribution in [2.75, 3.05) is 12.4 Å². The molecule has 0 fully saturated rings. The van der Waals surface area contributed by atoms with E-state index in [1.165, 1.54) is 5.56 Å². The van der Waals surface area contributed by atoms with Gasteiger partial charge in [0.15, 0.2) is 0 Å². The molecule has 3 nitrogen and oxygen atoms in total. The Morgan fingerprint density at radius 1 is 1.32 bits per heavy atom. The molecule has 0 aliphatic carbocycles. The fourth-order valence-electron chi connectivity index (χ4n) is 1.64. The van der Waals surface area contributed by atoms with Crippen molar-refractivity contribution in [3.63, 3.8) is 0 Å². The number of nitrogens with one attached hydrogen (secondary N) is 1. The summed E-state index contributed by atoms with van der Waals surface area (Å²) in [7, 11) is 1.67. The molecule has 0 aliphatic rings. The van der Waals surface area contributed by atoms with Crippen LogP contribution in [0.5, 0.6) is 5.75 Å². The third-order valence-electron chi connectivity index (χ3n) is 2.71. The molecule has 0 radical (unpaired) electrons. The first kappa shape index (κ1) is 14.6. The van der Waals surface area contributed by atoms with E-state index < -0.39 is 0 Å². The Morgan fingerprint density at radius 3 is 2.58 bits per heavy atom. The number of rotatable bonds is 4. The highest BCUT2D eigenvalue weighted by molar-refractivity contribution is 14.1. The Morgan fingerprint density at radius 2 is 2.00 bits per heavy atom. The minimum Gasteiger partial charge on any atom is -0.497 e. The number of halogens is 2. The van der Waals surface area contributed by atoms with E-state index in [4.69, 9.17) is 4.74 Å². The Hall–Kier alpha value is -0.820. The Kier molecular flexibility index (Phi) is 5.04. The third-order valence-corrected chi connectivity index (χ3v) is 5.44. The van der Waals surface area contributed by atoms with E-state index in [2.05, 4.69) is 48.8 Å². The number of aromatic nitrogens is 1. The van der Waals surface area contributed by atoms with Crippen LogP contribution >= 0.6 is 38.5 Å². The molecule has 1 heterocycles. The summed E-state index contributed by atoms with van der Waals surface area (Å²) in [5.41, 5.74) is 2.21. The second kappa shape index (κ2) is 6.56. The van der Waals surface area contributed by atoms with Gasteiger partial charge in [-0.05, 0) is 69.2 Å². The number of benzene rings is 1. The van der Waals surface area contributed by atoms with Crippen LogP contribution in [-0.2, 0) is 6.54 Å². The van der Waals surface area contributed by atoms with Crippen molar-refractivity contribution in [1.29, 1.82) is 0 Å². The zero-order valence-corrected chi connectivity index (χ0v) is 14.4. The largest absolute Gasteiger partial charge is 0.497 e. The highest BCUT2D eigenvalue weighted by Crippen LogP contribution is 2.24. The van der Waals surface area contributed by atoms with Gasteiger partial charge in [0.25, 0.3) is 0 Å². The Balaban J connectivity index is 2.05. The maximum absolute atomic E-state index is 5.14. The molecule has 0 spiro atoms. The number of hydrogen-bond donors (Lipinski definition) is 1. The average molecular weight is 433 g/mol. The number of aryl methyl sites for hydroxylation is 1. The second-order valence-electron chi connectivity index (χ2n) is 4.09. The lowest BCUT2D eigenvalue weighted by Gasteiger charge is -2.09. The summed E-state index contributed by atoms with van der Waals surface area (Å²) in [5, 5.41) is 3.32. The molecular formula is C14H14BrIN2O. The van der Waals surface area contributed by atoms with Gasteiger partial charge >= 0.3 is 0 Å². The predicted molar refractivity (Wildman–Crippen MR) is 89.7 cm³/mol. The third kappa shape index (κ3) is 3.82. The van der Waals surface area contributed by atoms with Gasteiger partial charge in [-0.2, -0.15) is 0 Å². The molecule has 1 aromatic carbocycles.